The van der Waals surface area contributed by atoms with Gasteiger partial charge in [-0.2, -0.15) is 0 Å². The predicted molar refractivity (Wildman–Crippen MR) is 203 cm³/mol. The molecule has 47 heavy (non-hydrogen) atoms. The summed E-state index contributed by atoms with van der Waals surface area (Å²) in [4.78, 5) is 10.1. The third-order valence-electron chi connectivity index (χ3n) is 9.09. The summed E-state index contributed by atoms with van der Waals surface area (Å²) in [6.07, 6.45) is 0. The van der Waals surface area contributed by atoms with Crippen molar-refractivity contribution in [3.8, 4) is 55.6 Å². The molecular weight excluding hydrogens is 587 g/mol. The monoisotopic (exact) mass is 620 g/mol. The molecule has 0 saturated carbocycles. The normalized spacial score (nSPS) is 12.0. The van der Waals surface area contributed by atoms with Gasteiger partial charge in [-0.1, -0.05) is 152 Å². The summed E-state index contributed by atoms with van der Waals surface area (Å²) in [6, 6.07) is 63.3. The van der Waals surface area contributed by atoms with Crippen LogP contribution in [0.2, 0.25) is 0 Å². The lowest BCUT2D eigenvalue weighted by molar-refractivity contribution is 0.641. The highest BCUT2D eigenvalue weighted by Crippen LogP contribution is 2.45. The molecule has 1 atom stereocenters. The van der Waals surface area contributed by atoms with Gasteiger partial charge in [-0.3, -0.25) is 0 Å². The van der Waals surface area contributed by atoms with Gasteiger partial charge < -0.3 is 4.89 Å². The summed E-state index contributed by atoms with van der Waals surface area (Å²) in [5.41, 5.74) is 12.0. The second-order valence-corrected chi connectivity index (χ2v) is 13.6. The van der Waals surface area contributed by atoms with Crippen LogP contribution < -0.4 is 5.30 Å². The molecule has 0 radical (unpaired) electrons. The van der Waals surface area contributed by atoms with Crippen molar-refractivity contribution in [1.29, 1.82) is 0 Å². The van der Waals surface area contributed by atoms with Gasteiger partial charge in [-0.05, 0) is 108 Å². The Balaban J connectivity index is 1.38. The topological polar surface area (TPSA) is 20.2 Å². The van der Waals surface area contributed by atoms with Gasteiger partial charge in [-0.15, -0.1) is 0 Å². The number of benzene rings is 8. The van der Waals surface area contributed by atoms with Gasteiger partial charge in [-0.25, -0.2) is 0 Å². The first-order valence-corrected chi connectivity index (χ1v) is 17.7. The quantitative estimate of drug-likeness (QED) is 0.145. The molecule has 2 heteroatoms. The van der Waals surface area contributed by atoms with Crippen LogP contribution in [0.25, 0.3) is 77.2 Å². The maximum absolute atomic E-state index is 10.1. The molecule has 0 aromatic heterocycles. The van der Waals surface area contributed by atoms with E-state index in [0.717, 1.165) is 16.4 Å². The van der Waals surface area contributed by atoms with Crippen molar-refractivity contribution < 1.29 is 4.89 Å². The molecule has 0 fully saturated rings. The maximum atomic E-state index is 10.1. The third-order valence-corrected chi connectivity index (χ3v) is 10.1. The minimum atomic E-state index is -1.11. The summed E-state index contributed by atoms with van der Waals surface area (Å²) in [5.74, 6) is 0. The van der Waals surface area contributed by atoms with Crippen LogP contribution in [0.15, 0.2) is 176 Å². The first-order chi connectivity index (χ1) is 23.1. The van der Waals surface area contributed by atoms with Crippen LogP contribution >= 0.6 is 8.15 Å². The summed E-state index contributed by atoms with van der Waals surface area (Å²) < 4.78 is 0. The second kappa shape index (κ2) is 12.5. The first-order valence-electron chi connectivity index (χ1n) is 16.0. The molecule has 0 spiro atoms. The lowest BCUT2D eigenvalue weighted by atomic mass is 9.84. The van der Waals surface area contributed by atoms with Crippen molar-refractivity contribution in [2.24, 2.45) is 0 Å². The zero-order valence-electron chi connectivity index (χ0n) is 26.1. The van der Waals surface area contributed by atoms with E-state index >= 15 is 0 Å². The minimum Gasteiger partial charge on any atom is -0.369 e. The molecular formula is C45H33OP. The van der Waals surface area contributed by atoms with E-state index < -0.39 is 8.15 Å². The zero-order chi connectivity index (χ0) is 31.7. The Bertz CT molecular complexity index is 2240. The Labute approximate surface area is 277 Å². The molecule has 0 aliphatic carbocycles. The molecule has 1 unspecified atom stereocenters. The molecule has 8 rings (SSSR count). The lowest BCUT2D eigenvalue weighted by Crippen LogP contribution is -1.97. The fourth-order valence-corrected chi connectivity index (χ4v) is 7.42. The van der Waals surface area contributed by atoms with E-state index in [4.69, 9.17) is 0 Å². The molecule has 224 valence electrons. The highest BCUT2D eigenvalue weighted by atomic mass is 31.1. The molecule has 8 aromatic rings. The average Bonchev–Trinajstić information content (AvgIpc) is 3.14. The van der Waals surface area contributed by atoms with E-state index in [1.165, 1.54) is 66.1 Å². The Morgan fingerprint density at radius 2 is 0.681 bits per heavy atom. The van der Waals surface area contributed by atoms with Gasteiger partial charge in [0, 0.05) is 5.30 Å². The largest absolute Gasteiger partial charge is 0.369 e. The first kappa shape index (κ1) is 29.1. The molecule has 0 bridgehead atoms. The minimum absolute atomic E-state index is 0.985. The van der Waals surface area contributed by atoms with Crippen molar-refractivity contribution in [2.75, 3.05) is 6.66 Å². The van der Waals surface area contributed by atoms with Crippen LogP contribution in [0.4, 0.5) is 0 Å². The molecule has 0 aliphatic rings. The molecule has 0 heterocycles. The summed E-state index contributed by atoms with van der Waals surface area (Å²) in [7, 11) is -1.11. The van der Waals surface area contributed by atoms with Crippen LogP contribution in [-0.4, -0.2) is 11.6 Å². The highest BCUT2D eigenvalue weighted by Gasteiger charge is 2.18. The summed E-state index contributed by atoms with van der Waals surface area (Å²) in [5, 5.41) is 5.92. The van der Waals surface area contributed by atoms with Crippen molar-refractivity contribution in [3.63, 3.8) is 0 Å². The van der Waals surface area contributed by atoms with Gasteiger partial charge in [0.15, 0.2) is 0 Å². The molecule has 0 saturated heterocycles. The van der Waals surface area contributed by atoms with E-state index in [1.807, 2.05) is 18.8 Å². The summed E-state index contributed by atoms with van der Waals surface area (Å²) >= 11 is 0. The second-order valence-electron chi connectivity index (χ2n) is 12.0. The smallest absolute Gasteiger partial charge is 0.0531 e. The predicted octanol–water partition coefficient (Wildman–Crippen LogP) is 12.0. The Hall–Kier alpha value is -5.33. The van der Waals surface area contributed by atoms with Crippen molar-refractivity contribution >= 4 is 35.0 Å². The molecule has 8 aromatic carbocycles. The number of hydrogen-bond acceptors (Lipinski definition) is 1. The number of rotatable bonds is 6. The van der Waals surface area contributed by atoms with E-state index in [-0.39, 0.29) is 0 Å². The van der Waals surface area contributed by atoms with Crippen LogP contribution in [0.3, 0.4) is 0 Å². The van der Waals surface area contributed by atoms with Gasteiger partial charge in [0.2, 0.25) is 0 Å². The van der Waals surface area contributed by atoms with Crippen LogP contribution in [0, 0.1) is 0 Å². The van der Waals surface area contributed by atoms with Crippen molar-refractivity contribution in [3.05, 3.63) is 176 Å². The standard InChI is InChI=1S/C45H33OP/c1-47(46)39-25-23-33(24-26-39)34-17-12-18-35(27-34)44-40-19-8-10-21-42(40)45(43-22-11-9-20-41(43)44)38-29-36(31-13-4-2-5-14-31)28-37(30-38)32-15-6-3-7-16-32/h2-30,46H,1H3. The molecule has 1 N–H and O–H groups in total. The van der Waals surface area contributed by atoms with E-state index in [9.17, 15) is 4.89 Å². The van der Waals surface area contributed by atoms with Gasteiger partial charge in [0.1, 0.15) is 0 Å². The van der Waals surface area contributed by atoms with Crippen LogP contribution in [0.1, 0.15) is 0 Å². The van der Waals surface area contributed by atoms with Crippen molar-refractivity contribution in [1.82, 2.24) is 0 Å². The molecule has 0 aliphatic heterocycles. The lowest BCUT2D eigenvalue weighted by Gasteiger charge is -2.19. The zero-order valence-corrected chi connectivity index (χ0v) is 27.0. The van der Waals surface area contributed by atoms with Gasteiger partial charge in [0.05, 0.1) is 8.15 Å². The highest BCUT2D eigenvalue weighted by molar-refractivity contribution is 7.59. The van der Waals surface area contributed by atoms with Gasteiger partial charge in [0.25, 0.3) is 0 Å². The average molecular weight is 621 g/mol. The van der Waals surface area contributed by atoms with E-state index in [2.05, 4.69) is 164 Å². The van der Waals surface area contributed by atoms with E-state index in [0.29, 0.717) is 0 Å². The fraction of sp³-hybridized carbons (Fsp3) is 0.0222. The third kappa shape index (κ3) is 5.55. The van der Waals surface area contributed by atoms with Gasteiger partial charge >= 0.3 is 0 Å². The Morgan fingerprint density at radius 3 is 1.17 bits per heavy atom. The summed E-state index contributed by atoms with van der Waals surface area (Å²) in [6.45, 7) is 1.87. The SMILES string of the molecule is CP(O)c1ccc(-c2cccc(-c3c4ccccc4c(-c4cc(-c5ccccc5)cc(-c5ccccc5)c4)c4ccccc34)c2)cc1. The maximum Gasteiger partial charge on any atom is 0.0531 e. The molecule has 1 nitrogen and oxygen atoms in total. The number of fused-ring (bicyclic) bond motifs is 2. The van der Waals surface area contributed by atoms with E-state index in [1.54, 1.807) is 0 Å². The van der Waals surface area contributed by atoms with Crippen LogP contribution in [-0.2, 0) is 0 Å². The number of hydrogen-bond donors (Lipinski definition) is 1. The fourth-order valence-electron chi connectivity index (χ4n) is 6.84. The Kier molecular flexibility index (Phi) is 7.71. The molecule has 0 amide bonds. The van der Waals surface area contributed by atoms with Crippen LogP contribution in [0.5, 0.6) is 0 Å². The van der Waals surface area contributed by atoms with Crippen molar-refractivity contribution in [2.45, 2.75) is 0 Å². The Morgan fingerprint density at radius 1 is 0.319 bits per heavy atom.